The summed E-state index contributed by atoms with van der Waals surface area (Å²) in [5.41, 5.74) is 15.2. The number of fused-ring (bicyclic) bond motifs is 1. The Balaban J connectivity index is 1.20. The van der Waals surface area contributed by atoms with Crippen molar-refractivity contribution in [1.82, 2.24) is 30.6 Å². The molecule has 0 spiro atoms. The van der Waals surface area contributed by atoms with Crippen LogP contribution in [0.4, 0.5) is 17.5 Å². The van der Waals surface area contributed by atoms with Gasteiger partial charge in [-0.05, 0) is 49.8 Å². The summed E-state index contributed by atoms with van der Waals surface area (Å²) in [6.07, 6.45) is 2.81. The molecule has 0 radical (unpaired) electrons. The van der Waals surface area contributed by atoms with Crippen LogP contribution in [0.3, 0.4) is 0 Å². The summed E-state index contributed by atoms with van der Waals surface area (Å²) in [5.74, 6) is 0.303. The maximum Gasteiger partial charge on any atom is 0.224 e. The molecular formula is C24H35N9O3Si. The van der Waals surface area contributed by atoms with Gasteiger partial charge in [-0.1, -0.05) is 12.1 Å². The number of ether oxygens (including phenoxy) is 1. The number of benzene rings is 1. The Labute approximate surface area is 217 Å². The van der Waals surface area contributed by atoms with E-state index in [9.17, 15) is 9.59 Å². The molecule has 13 heteroatoms. The van der Waals surface area contributed by atoms with Crippen molar-refractivity contribution in [2.75, 3.05) is 36.5 Å². The van der Waals surface area contributed by atoms with Gasteiger partial charge in [0.15, 0.2) is 25.3 Å². The van der Waals surface area contributed by atoms with Crippen molar-refractivity contribution < 1.29 is 14.3 Å². The quantitative estimate of drug-likeness (QED) is 0.131. The lowest BCUT2D eigenvalue weighted by Crippen LogP contribution is -2.33. The first kappa shape index (κ1) is 26.7. The monoisotopic (exact) mass is 525 g/mol. The van der Waals surface area contributed by atoms with Crippen molar-refractivity contribution in [2.45, 2.75) is 50.9 Å². The van der Waals surface area contributed by atoms with Crippen LogP contribution in [-0.4, -0.2) is 65.3 Å². The molecule has 1 amide bonds. The molecule has 2 aromatic heterocycles. The molecule has 1 aliphatic heterocycles. The topological polar surface area (TPSA) is 181 Å². The predicted octanol–water partition coefficient (Wildman–Crippen LogP) is 1.30. The highest BCUT2D eigenvalue weighted by Crippen LogP contribution is 2.37. The number of nitrogens with two attached hydrogens (primary N) is 2. The second-order valence-corrected chi connectivity index (χ2v) is 14.0. The number of rotatable bonds is 12. The second-order valence-electron chi connectivity index (χ2n) is 9.90. The molecule has 37 heavy (non-hydrogen) atoms. The van der Waals surface area contributed by atoms with Gasteiger partial charge in [-0.2, -0.15) is 9.97 Å². The fourth-order valence-corrected chi connectivity index (χ4v) is 4.66. The van der Waals surface area contributed by atoms with Crippen LogP contribution in [0.15, 0.2) is 30.5 Å². The molecule has 4 rings (SSSR count). The molecule has 0 saturated carbocycles. The Morgan fingerprint density at radius 1 is 1.16 bits per heavy atom. The number of amides is 1. The smallest absolute Gasteiger partial charge is 0.224 e. The first-order valence-electron chi connectivity index (χ1n) is 12.3. The van der Waals surface area contributed by atoms with Gasteiger partial charge >= 0.3 is 0 Å². The predicted molar refractivity (Wildman–Crippen MR) is 145 cm³/mol. The molecule has 1 aliphatic rings. The maximum absolute atomic E-state index is 11.9. The van der Waals surface area contributed by atoms with Crippen LogP contribution in [0.25, 0.3) is 11.2 Å². The number of anilines is 3. The minimum Gasteiger partial charge on any atom is -0.432 e. The third kappa shape index (κ3) is 7.55. The van der Waals surface area contributed by atoms with E-state index in [2.05, 4.69) is 47.6 Å². The molecule has 1 aromatic carbocycles. The van der Waals surface area contributed by atoms with E-state index in [4.69, 9.17) is 16.2 Å². The molecule has 0 aliphatic carbocycles. The minimum atomic E-state index is -2.11. The van der Waals surface area contributed by atoms with E-state index in [-0.39, 0.29) is 30.0 Å². The van der Waals surface area contributed by atoms with Gasteiger partial charge in [-0.3, -0.25) is 10.1 Å². The number of carbonyl (C=O) groups is 1. The molecule has 7 N–H and O–H groups in total. The summed E-state index contributed by atoms with van der Waals surface area (Å²) in [6, 6.07) is 8.86. The zero-order chi connectivity index (χ0) is 26.6. The highest BCUT2D eigenvalue weighted by Gasteiger charge is 2.39. The molecule has 1 fully saturated rings. The molecule has 3 aromatic rings. The lowest BCUT2D eigenvalue weighted by molar-refractivity contribution is -0.121. The van der Waals surface area contributed by atoms with Gasteiger partial charge in [-0.25, -0.2) is 9.97 Å². The number of carbonyl (C=O) groups excluding carboxylic acids is 1. The van der Waals surface area contributed by atoms with E-state index in [0.29, 0.717) is 43.3 Å². The Kier molecular flexibility index (Phi) is 8.17. The van der Waals surface area contributed by atoms with Crippen LogP contribution in [0.2, 0.25) is 19.1 Å². The van der Waals surface area contributed by atoms with Gasteiger partial charge in [0.25, 0.3) is 0 Å². The Bertz CT molecular complexity index is 1240. The van der Waals surface area contributed by atoms with Gasteiger partial charge < -0.3 is 31.2 Å². The number of epoxide rings is 1. The van der Waals surface area contributed by atoms with E-state index in [1.165, 1.54) is 0 Å². The molecule has 3 heterocycles. The number of hydrogen-bond donors (Lipinski definition) is 5. The minimum absolute atomic E-state index is 0.00620. The molecule has 2 atom stereocenters. The van der Waals surface area contributed by atoms with E-state index in [1.807, 2.05) is 32.3 Å². The van der Waals surface area contributed by atoms with Crippen LogP contribution in [-0.2, 0) is 16.1 Å². The lowest BCUT2D eigenvalue weighted by Gasteiger charge is -2.19. The van der Waals surface area contributed by atoms with Crippen LogP contribution in [0, 0.1) is 0 Å². The Hall–Kier alpha value is -3.39. The number of nitrogens with one attached hydrogen (secondary N) is 2. The number of hydrogen-bond acceptors (Lipinski definition) is 11. The average Bonchev–Trinajstić information content (AvgIpc) is 3.61. The van der Waals surface area contributed by atoms with Gasteiger partial charge in [0.05, 0.1) is 18.4 Å². The van der Waals surface area contributed by atoms with Crippen molar-refractivity contribution in [2.24, 2.45) is 0 Å². The van der Waals surface area contributed by atoms with E-state index < -0.39 is 8.32 Å². The van der Waals surface area contributed by atoms with Crippen LogP contribution >= 0.6 is 0 Å². The zero-order valence-electron chi connectivity index (χ0n) is 21.4. The van der Waals surface area contributed by atoms with E-state index in [0.717, 1.165) is 23.4 Å². The van der Waals surface area contributed by atoms with Crippen molar-refractivity contribution in [3.63, 3.8) is 0 Å². The normalized spacial score (nSPS) is 17.1. The van der Waals surface area contributed by atoms with Crippen LogP contribution in [0.5, 0.6) is 0 Å². The molecule has 198 valence electrons. The van der Waals surface area contributed by atoms with Crippen molar-refractivity contribution in [3.05, 3.63) is 41.7 Å². The third-order valence-electron chi connectivity index (χ3n) is 6.04. The fourth-order valence-electron chi connectivity index (χ4n) is 3.92. The van der Waals surface area contributed by atoms with Crippen molar-refractivity contribution in [3.8, 4) is 0 Å². The van der Waals surface area contributed by atoms with E-state index >= 15 is 0 Å². The molecule has 2 unspecified atom stereocenters. The average molecular weight is 526 g/mol. The largest absolute Gasteiger partial charge is 0.432 e. The number of nitrogen functional groups attached to an aromatic ring is 2. The molecule has 0 bridgehead atoms. The summed E-state index contributed by atoms with van der Waals surface area (Å²) in [7, 11) is -0.136. The van der Waals surface area contributed by atoms with Crippen LogP contribution in [0.1, 0.15) is 30.2 Å². The molecular weight excluding hydrogens is 490 g/mol. The summed E-state index contributed by atoms with van der Waals surface area (Å²) >= 11 is 0. The standard InChI is InChI=1S/C24H35N9O3Si/c1-33(14-16-13-29-22-19(30-16)21(25)31-24(26)32-22)17-8-6-15(7-9-17)20-23(36-20)28-10-4-5-18(34)27-11-12-37(2,3)35/h6-9,13,20,23,28,35H,4-5,10-12,14H2,1-3H3,(H,27,34)(H4,25,26,29,31,32). The second kappa shape index (κ2) is 11.3. The van der Waals surface area contributed by atoms with Gasteiger partial charge in [-0.15, -0.1) is 0 Å². The first-order valence-corrected chi connectivity index (χ1v) is 15.5. The zero-order valence-corrected chi connectivity index (χ0v) is 22.4. The highest BCUT2D eigenvalue weighted by atomic mass is 28.4. The molecule has 12 nitrogen and oxygen atoms in total. The Morgan fingerprint density at radius 2 is 1.92 bits per heavy atom. The SMILES string of the molecule is CN(Cc1cnc2nc(N)nc(N)c2n1)c1ccc(C2OC2NCCCC(=O)NCC[Si](C)(C)O)cc1. The first-order chi connectivity index (χ1) is 17.6. The van der Waals surface area contributed by atoms with Crippen molar-refractivity contribution >= 4 is 42.8 Å². The molecule has 1 saturated heterocycles. The number of aromatic nitrogens is 4. The summed E-state index contributed by atoms with van der Waals surface area (Å²) < 4.78 is 5.77. The summed E-state index contributed by atoms with van der Waals surface area (Å²) in [5, 5.41) is 6.21. The maximum atomic E-state index is 11.9. The van der Waals surface area contributed by atoms with Crippen molar-refractivity contribution in [1.29, 1.82) is 0 Å². The lowest BCUT2D eigenvalue weighted by atomic mass is 10.1. The third-order valence-corrected chi connectivity index (χ3v) is 7.51. The summed E-state index contributed by atoms with van der Waals surface area (Å²) in [6.45, 7) is 5.50. The van der Waals surface area contributed by atoms with Gasteiger partial charge in [0.2, 0.25) is 11.9 Å². The van der Waals surface area contributed by atoms with E-state index in [1.54, 1.807) is 6.20 Å². The van der Waals surface area contributed by atoms with Crippen LogP contribution < -0.4 is 27.0 Å². The Morgan fingerprint density at radius 3 is 2.65 bits per heavy atom. The highest BCUT2D eigenvalue weighted by molar-refractivity contribution is 6.69. The number of nitrogens with zero attached hydrogens (tertiary/aromatic N) is 5. The summed E-state index contributed by atoms with van der Waals surface area (Å²) in [4.78, 5) is 40.7. The van der Waals surface area contributed by atoms with Gasteiger partial charge in [0.1, 0.15) is 12.3 Å². The van der Waals surface area contributed by atoms with Gasteiger partial charge in [0, 0.05) is 25.7 Å². The fraction of sp³-hybridized carbons (Fsp3) is 0.458.